The van der Waals surface area contributed by atoms with E-state index in [9.17, 15) is 0 Å². The second-order valence-corrected chi connectivity index (χ2v) is 4.97. The Morgan fingerprint density at radius 1 is 1.50 bits per heavy atom. The summed E-state index contributed by atoms with van der Waals surface area (Å²) in [4.78, 5) is -0.0956. The lowest BCUT2D eigenvalue weighted by Gasteiger charge is -2.24. The van der Waals surface area contributed by atoms with Crippen LogP contribution in [0.25, 0.3) is 0 Å². The highest BCUT2D eigenvalue weighted by molar-refractivity contribution is 8.00. The zero-order valence-corrected chi connectivity index (χ0v) is 8.84. The maximum Gasteiger partial charge on any atom is 0.106 e. The molecule has 1 aliphatic heterocycles. The van der Waals surface area contributed by atoms with Gasteiger partial charge in [0.25, 0.3) is 0 Å². The molecule has 0 aromatic heterocycles. The van der Waals surface area contributed by atoms with Gasteiger partial charge in [0, 0.05) is 5.75 Å². The number of hydrogen-bond acceptors (Lipinski definition) is 3. The molecule has 0 radical (unpaired) electrons. The van der Waals surface area contributed by atoms with Crippen molar-refractivity contribution < 1.29 is 0 Å². The number of benzene rings is 1. The van der Waals surface area contributed by atoms with E-state index < -0.39 is 0 Å². The van der Waals surface area contributed by atoms with E-state index in [1.165, 1.54) is 5.56 Å². The van der Waals surface area contributed by atoms with Crippen LogP contribution in [0.4, 0.5) is 0 Å². The van der Waals surface area contributed by atoms with E-state index in [0.717, 1.165) is 5.75 Å². The first-order chi connectivity index (χ1) is 6.74. The van der Waals surface area contributed by atoms with Crippen molar-refractivity contribution in [3.8, 4) is 6.07 Å². The molecule has 0 aliphatic carbocycles. The van der Waals surface area contributed by atoms with Crippen molar-refractivity contribution in [2.24, 2.45) is 0 Å². The fourth-order valence-electron chi connectivity index (χ4n) is 1.66. The standard InChI is InChI=1S/C11H12N2S/c1-11(9-5-3-2-4-6-9)13-10(7-12)8-14-11/h2-6,10,13H,8H2,1H3. The molecule has 2 nitrogen and oxygen atoms in total. The molecular weight excluding hydrogens is 192 g/mol. The Hall–Kier alpha value is -0.980. The van der Waals surface area contributed by atoms with Crippen LogP contribution < -0.4 is 5.32 Å². The second-order valence-electron chi connectivity index (χ2n) is 3.54. The molecule has 2 unspecified atom stereocenters. The number of nitriles is 1. The van der Waals surface area contributed by atoms with Gasteiger partial charge in [0.1, 0.15) is 6.04 Å². The van der Waals surface area contributed by atoms with E-state index in [4.69, 9.17) is 5.26 Å². The Morgan fingerprint density at radius 3 is 2.79 bits per heavy atom. The first-order valence-electron chi connectivity index (χ1n) is 4.61. The summed E-state index contributed by atoms with van der Waals surface area (Å²) >= 11 is 1.80. The maximum absolute atomic E-state index is 8.82. The van der Waals surface area contributed by atoms with Crippen molar-refractivity contribution in [3.63, 3.8) is 0 Å². The first kappa shape index (κ1) is 9.57. The van der Waals surface area contributed by atoms with E-state index in [-0.39, 0.29) is 10.9 Å². The van der Waals surface area contributed by atoms with E-state index in [0.29, 0.717) is 0 Å². The summed E-state index contributed by atoms with van der Waals surface area (Å²) in [6.45, 7) is 2.13. The molecular formula is C11H12N2S. The van der Waals surface area contributed by atoms with Gasteiger partial charge < -0.3 is 0 Å². The number of hydrogen-bond donors (Lipinski definition) is 1. The van der Waals surface area contributed by atoms with Crippen molar-refractivity contribution in [1.82, 2.24) is 5.32 Å². The molecule has 1 aromatic rings. The molecule has 72 valence electrons. The number of nitrogens with one attached hydrogen (secondary N) is 1. The minimum atomic E-state index is -0.0956. The van der Waals surface area contributed by atoms with E-state index >= 15 is 0 Å². The molecule has 0 amide bonds. The quantitative estimate of drug-likeness (QED) is 0.761. The smallest absolute Gasteiger partial charge is 0.106 e. The summed E-state index contributed by atoms with van der Waals surface area (Å²) in [5, 5.41) is 12.2. The molecule has 1 heterocycles. The zero-order chi connectivity index (χ0) is 10.0. The lowest BCUT2D eigenvalue weighted by molar-refractivity contribution is 0.531. The average molecular weight is 204 g/mol. The van der Waals surface area contributed by atoms with E-state index in [2.05, 4.69) is 30.4 Å². The minimum Gasteiger partial charge on any atom is -0.283 e. The number of thioether (sulfide) groups is 1. The number of rotatable bonds is 1. The third-order valence-corrected chi connectivity index (χ3v) is 3.90. The Labute approximate surface area is 88.3 Å². The summed E-state index contributed by atoms with van der Waals surface area (Å²) in [5.41, 5.74) is 1.24. The molecule has 2 rings (SSSR count). The SMILES string of the molecule is CC1(c2ccccc2)NC(C#N)CS1. The predicted octanol–water partition coefficient (Wildman–Crippen LogP) is 2.09. The van der Waals surface area contributed by atoms with Gasteiger partial charge in [-0.1, -0.05) is 30.3 Å². The highest BCUT2D eigenvalue weighted by atomic mass is 32.2. The van der Waals surface area contributed by atoms with Crippen molar-refractivity contribution in [2.45, 2.75) is 17.8 Å². The third-order valence-electron chi connectivity index (χ3n) is 2.47. The average Bonchev–Trinajstić information content (AvgIpc) is 2.63. The summed E-state index contributed by atoms with van der Waals surface area (Å²) < 4.78 is 0. The third kappa shape index (κ3) is 1.63. The van der Waals surface area contributed by atoms with Crippen LogP contribution in [0.5, 0.6) is 0 Å². The van der Waals surface area contributed by atoms with E-state index in [1.54, 1.807) is 11.8 Å². The number of nitrogens with zero attached hydrogens (tertiary/aromatic N) is 1. The predicted molar refractivity (Wildman–Crippen MR) is 58.8 cm³/mol. The second kappa shape index (κ2) is 3.64. The van der Waals surface area contributed by atoms with Crippen molar-refractivity contribution in [3.05, 3.63) is 35.9 Å². The molecule has 3 heteroatoms. The highest BCUT2D eigenvalue weighted by Crippen LogP contribution is 2.38. The van der Waals surface area contributed by atoms with E-state index in [1.807, 2.05) is 18.2 Å². The Balaban J connectivity index is 2.24. The van der Waals surface area contributed by atoms with Gasteiger partial charge in [-0.25, -0.2) is 0 Å². The topological polar surface area (TPSA) is 35.8 Å². The molecule has 1 saturated heterocycles. The van der Waals surface area contributed by atoms with Crippen molar-refractivity contribution in [2.75, 3.05) is 5.75 Å². The van der Waals surface area contributed by atoms with Crippen molar-refractivity contribution in [1.29, 1.82) is 5.26 Å². The van der Waals surface area contributed by atoms with Gasteiger partial charge in [0.15, 0.2) is 0 Å². The molecule has 0 saturated carbocycles. The maximum atomic E-state index is 8.82. The van der Waals surface area contributed by atoms with Gasteiger partial charge in [0.2, 0.25) is 0 Å². The van der Waals surface area contributed by atoms with Gasteiger partial charge in [-0.05, 0) is 12.5 Å². The lowest BCUT2D eigenvalue weighted by atomic mass is 10.1. The van der Waals surface area contributed by atoms with Gasteiger partial charge in [-0.3, -0.25) is 5.32 Å². The molecule has 1 fully saturated rings. The molecule has 14 heavy (non-hydrogen) atoms. The van der Waals surface area contributed by atoms with Crippen LogP contribution in [0.15, 0.2) is 30.3 Å². The molecule has 1 aliphatic rings. The molecule has 1 N–H and O–H groups in total. The van der Waals surface area contributed by atoms with Gasteiger partial charge >= 0.3 is 0 Å². The molecule has 0 spiro atoms. The van der Waals surface area contributed by atoms with Crippen LogP contribution in [0.1, 0.15) is 12.5 Å². The summed E-state index contributed by atoms with van der Waals surface area (Å²) in [6.07, 6.45) is 0. The van der Waals surface area contributed by atoms with Crippen molar-refractivity contribution >= 4 is 11.8 Å². The fraction of sp³-hybridized carbons (Fsp3) is 0.364. The van der Waals surface area contributed by atoms with Crippen LogP contribution in [0.2, 0.25) is 0 Å². The lowest BCUT2D eigenvalue weighted by Crippen LogP contribution is -2.36. The van der Waals surface area contributed by atoms with Crippen LogP contribution in [-0.4, -0.2) is 11.8 Å². The Kier molecular flexibility index (Phi) is 2.49. The minimum absolute atomic E-state index is 0.0230. The zero-order valence-electron chi connectivity index (χ0n) is 8.03. The van der Waals surface area contributed by atoms with Gasteiger partial charge in [0.05, 0.1) is 10.9 Å². The molecule has 0 bridgehead atoms. The largest absolute Gasteiger partial charge is 0.283 e. The van der Waals surface area contributed by atoms with Crippen LogP contribution in [0, 0.1) is 11.3 Å². The fourth-order valence-corrected chi connectivity index (χ4v) is 2.84. The molecule has 2 atom stereocenters. The van der Waals surface area contributed by atoms with Crippen LogP contribution in [-0.2, 0) is 4.87 Å². The first-order valence-corrected chi connectivity index (χ1v) is 5.60. The van der Waals surface area contributed by atoms with Gasteiger partial charge in [-0.15, -0.1) is 11.8 Å². The summed E-state index contributed by atoms with van der Waals surface area (Å²) in [7, 11) is 0. The normalized spacial score (nSPS) is 31.3. The van der Waals surface area contributed by atoms with Crippen LogP contribution >= 0.6 is 11.8 Å². The summed E-state index contributed by atoms with van der Waals surface area (Å²) in [5.74, 6) is 0.863. The molecule has 1 aromatic carbocycles. The van der Waals surface area contributed by atoms with Gasteiger partial charge in [-0.2, -0.15) is 5.26 Å². The Morgan fingerprint density at radius 2 is 2.21 bits per heavy atom. The monoisotopic (exact) mass is 204 g/mol. The van der Waals surface area contributed by atoms with Crippen LogP contribution in [0.3, 0.4) is 0 Å². The highest BCUT2D eigenvalue weighted by Gasteiger charge is 2.36. The Bertz CT molecular complexity index is 357. The summed E-state index contributed by atoms with van der Waals surface area (Å²) in [6, 6.07) is 12.5.